The van der Waals surface area contributed by atoms with Gasteiger partial charge in [-0.25, -0.2) is 8.42 Å². The highest BCUT2D eigenvalue weighted by atomic mass is 32.2. The van der Waals surface area contributed by atoms with E-state index in [-0.39, 0.29) is 22.6 Å². The van der Waals surface area contributed by atoms with Gasteiger partial charge < -0.3 is 14.8 Å². The lowest BCUT2D eigenvalue weighted by Gasteiger charge is -2.20. The Morgan fingerprint density at radius 3 is 2.58 bits per heavy atom. The van der Waals surface area contributed by atoms with Crippen molar-refractivity contribution in [3.05, 3.63) is 48.0 Å². The molecule has 0 radical (unpaired) electrons. The van der Waals surface area contributed by atoms with Crippen LogP contribution in [0.4, 0.5) is 5.69 Å². The van der Waals surface area contributed by atoms with Crippen LogP contribution in [0.1, 0.15) is 32.8 Å². The van der Waals surface area contributed by atoms with E-state index in [2.05, 4.69) is 15.0 Å². The molecular formula is C22H27N3O5S. The standard InChI is InChI=1S/C22H27N3O5S/c1-5-14(3)20(24-21-16-9-7-8-10-19(16)31(27,28)25-21)22(26)23-15-11-12-17(30-6-2)18(13-15)29-4/h7-14,20H,5-6H2,1-4H3,(H,23,26)(H,24,25)/t14-,20-/m1/s1. The molecule has 1 aliphatic rings. The first-order valence-corrected chi connectivity index (χ1v) is 11.6. The molecule has 166 valence electrons. The van der Waals surface area contributed by atoms with Gasteiger partial charge in [0.05, 0.1) is 18.6 Å². The molecule has 0 bridgehead atoms. The fourth-order valence-corrected chi connectivity index (χ4v) is 4.51. The van der Waals surface area contributed by atoms with Crippen molar-refractivity contribution >= 4 is 27.5 Å². The summed E-state index contributed by atoms with van der Waals surface area (Å²) in [5.41, 5.74) is 0.998. The molecule has 0 saturated heterocycles. The van der Waals surface area contributed by atoms with E-state index < -0.39 is 16.1 Å². The number of hydrogen-bond donors (Lipinski definition) is 2. The molecular weight excluding hydrogens is 418 g/mol. The van der Waals surface area contributed by atoms with Gasteiger partial charge in [0.1, 0.15) is 11.9 Å². The van der Waals surface area contributed by atoms with Crippen LogP contribution in [0.25, 0.3) is 0 Å². The number of anilines is 1. The Morgan fingerprint density at radius 2 is 1.90 bits per heavy atom. The molecule has 0 saturated carbocycles. The molecule has 0 spiro atoms. The second kappa shape index (κ2) is 9.38. The second-order valence-electron chi connectivity index (χ2n) is 7.20. The van der Waals surface area contributed by atoms with Crippen LogP contribution < -0.4 is 19.5 Å². The van der Waals surface area contributed by atoms with E-state index in [9.17, 15) is 13.2 Å². The highest BCUT2D eigenvalue weighted by molar-refractivity contribution is 7.90. The first kappa shape index (κ1) is 22.6. The smallest absolute Gasteiger partial charge is 0.263 e. The molecule has 2 N–H and O–H groups in total. The largest absolute Gasteiger partial charge is 0.493 e. The van der Waals surface area contributed by atoms with Crippen molar-refractivity contribution in [1.82, 2.24) is 4.72 Å². The monoisotopic (exact) mass is 445 g/mol. The maximum atomic E-state index is 13.1. The van der Waals surface area contributed by atoms with E-state index in [1.54, 1.807) is 36.4 Å². The number of benzene rings is 2. The first-order valence-electron chi connectivity index (χ1n) is 10.1. The zero-order chi connectivity index (χ0) is 22.6. The molecule has 1 aliphatic heterocycles. The number of rotatable bonds is 8. The molecule has 8 nitrogen and oxygen atoms in total. The van der Waals surface area contributed by atoms with Gasteiger partial charge in [-0.3, -0.25) is 14.5 Å². The van der Waals surface area contributed by atoms with Crippen LogP contribution in [0.15, 0.2) is 52.4 Å². The third kappa shape index (κ3) is 4.82. The van der Waals surface area contributed by atoms with Gasteiger partial charge in [-0.15, -0.1) is 0 Å². The van der Waals surface area contributed by atoms with Crippen molar-refractivity contribution < 1.29 is 22.7 Å². The Balaban J connectivity index is 1.91. The van der Waals surface area contributed by atoms with Crippen molar-refractivity contribution in [2.75, 3.05) is 19.0 Å². The number of carbonyl (C=O) groups excluding carboxylic acids is 1. The predicted molar refractivity (Wildman–Crippen MR) is 119 cm³/mol. The number of aliphatic imine (C=N–C) groups is 1. The summed E-state index contributed by atoms with van der Waals surface area (Å²) in [6.45, 7) is 6.23. The van der Waals surface area contributed by atoms with Crippen LogP contribution in [0, 0.1) is 5.92 Å². The zero-order valence-electron chi connectivity index (χ0n) is 18.0. The summed E-state index contributed by atoms with van der Waals surface area (Å²) in [6, 6.07) is 10.9. The second-order valence-corrected chi connectivity index (χ2v) is 8.85. The molecule has 0 aliphatic carbocycles. The van der Waals surface area contributed by atoms with Crippen molar-refractivity contribution in [2.24, 2.45) is 10.9 Å². The quantitative estimate of drug-likeness (QED) is 0.649. The topological polar surface area (TPSA) is 106 Å². The highest BCUT2D eigenvalue weighted by Crippen LogP contribution is 2.31. The van der Waals surface area contributed by atoms with E-state index >= 15 is 0 Å². The third-order valence-corrected chi connectivity index (χ3v) is 6.51. The lowest BCUT2D eigenvalue weighted by atomic mass is 9.98. The van der Waals surface area contributed by atoms with Gasteiger partial charge in [-0.2, -0.15) is 0 Å². The normalized spacial score (nSPS) is 17.4. The lowest BCUT2D eigenvalue weighted by molar-refractivity contribution is -0.118. The fourth-order valence-electron chi connectivity index (χ4n) is 3.27. The number of sulfonamides is 1. The number of amides is 1. The number of fused-ring (bicyclic) bond motifs is 1. The summed E-state index contributed by atoms with van der Waals surface area (Å²) in [4.78, 5) is 17.8. The number of hydrogen-bond acceptors (Lipinski definition) is 6. The number of methoxy groups -OCH3 is 1. The van der Waals surface area contributed by atoms with Gasteiger partial charge >= 0.3 is 0 Å². The minimum atomic E-state index is -3.68. The number of amidine groups is 1. The summed E-state index contributed by atoms with van der Waals surface area (Å²) in [6.07, 6.45) is 0.690. The van der Waals surface area contributed by atoms with Crippen LogP contribution in [0.5, 0.6) is 11.5 Å². The minimum absolute atomic E-state index is 0.116. The van der Waals surface area contributed by atoms with Gasteiger partial charge in [-0.05, 0) is 37.1 Å². The molecule has 0 fully saturated rings. The Labute approximate surface area is 182 Å². The molecule has 2 aromatic rings. The van der Waals surface area contributed by atoms with Gasteiger partial charge in [0.25, 0.3) is 10.0 Å². The summed E-state index contributed by atoms with van der Waals surface area (Å²) < 4.78 is 38.1. The molecule has 0 aromatic heterocycles. The van der Waals surface area contributed by atoms with Crippen molar-refractivity contribution in [3.8, 4) is 11.5 Å². The van der Waals surface area contributed by atoms with Crippen molar-refractivity contribution in [1.29, 1.82) is 0 Å². The molecule has 9 heteroatoms. The van der Waals surface area contributed by atoms with Crippen molar-refractivity contribution in [2.45, 2.75) is 38.1 Å². The summed E-state index contributed by atoms with van der Waals surface area (Å²) in [7, 11) is -2.15. The van der Waals surface area contributed by atoms with Gasteiger partial charge in [0, 0.05) is 17.3 Å². The van der Waals surface area contributed by atoms with Crippen LogP contribution >= 0.6 is 0 Å². The lowest BCUT2D eigenvalue weighted by Crippen LogP contribution is -2.34. The fraction of sp³-hybridized carbons (Fsp3) is 0.364. The highest BCUT2D eigenvalue weighted by Gasteiger charge is 2.33. The van der Waals surface area contributed by atoms with Gasteiger partial charge in [0.2, 0.25) is 5.91 Å². The van der Waals surface area contributed by atoms with E-state index in [1.165, 1.54) is 13.2 Å². The SMILES string of the molecule is CCOc1ccc(NC(=O)[C@H](N=C2NS(=O)(=O)c3ccccc32)[C@H](C)CC)cc1OC. The molecule has 2 aromatic carbocycles. The average Bonchev–Trinajstić information content (AvgIpc) is 3.02. The summed E-state index contributed by atoms with van der Waals surface area (Å²) in [5, 5.41) is 2.86. The molecule has 1 heterocycles. The van der Waals surface area contributed by atoms with E-state index in [0.29, 0.717) is 35.8 Å². The molecule has 0 unspecified atom stereocenters. The Morgan fingerprint density at radius 1 is 1.16 bits per heavy atom. The van der Waals surface area contributed by atoms with E-state index in [4.69, 9.17) is 9.47 Å². The van der Waals surface area contributed by atoms with Crippen molar-refractivity contribution in [3.63, 3.8) is 0 Å². The number of ether oxygens (including phenoxy) is 2. The Kier molecular flexibility index (Phi) is 6.84. The summed E-state index contributed by atoms with van der Waals surface area (Å²) in [5.74, 6) is 0.813. The minimum Gasteiger partial charge on any atom is -0.493 e. The predicted octanol–water partition coefficient (Wildman–Crippen LogP) is 3.19. The molecule has 1 amide bonds. The Hall–Kier alpha value is -3.07. The van der Waals surface area contributed by atoms with Crippen LogP contribution in [0.2, 0.25) is 0 Å². The van der Waals surface area contributed by atoms with Crippen LogP contribution in [-0.2, 0) is 14.8 Å². The zero-order valence-corrected chi connectivity index (χ0v) is 18.8. The van der Waals surface area contributed by atoms with E-state index in [0.717, 1.165) is 0 Å². The van der Waals surface area contributed by atoms with Crippen LogP contribution in [-0.4, -0.2) is 39.9 Å². The number of nitrogens with zero attached hydrogens (tertiary/aromatic N) is 1. The maximum Gasteiger partial charge on any atom is 0.263 e. The molecule has 31 heavy (non-hydrogen) atoms. The third-order valence-electron chi connectivity index (χ3n) is 5.11. The Bertz CT molecular complexity index is 1100. The van der Waals surface area contributed by atoms with Gasteiger partial charge in [0.15, 0.2) is 11.5 Å². The first-order chi connectivity index (χ1) is 14.8. The molecule has 3 rings (SSSR count). The van der Waals surface area contributed by atoms with Crippen LogP contribution in [0.3, 0.4) is 0 Å². The average molecular weight is 446 g/mol. The maximum absolute atomic E-state index is 13.1. The number of nitrogens with one attached hydrogen (secondary N) is 2. The molecule has 2 atom stereocenters. The number of carbonyl (C=O) groups is 1. The summed E-state index contributed by atoms with van der Waals surface area (Å²) >= 11 is 0. The van der Waals surface area contributed by atoms with E-state index in [1.807, 2.05) is 20.8 Å². The van der Waals surface area contributed by atoms with Gasteiger partial charge in [-0.1, -0.05) is 32.4 Å².